The molecule has 0 aliphatic carbocycles. The molecule has 2 aromatic carbocycles. The number of benzene rings is 2. The Balaban J connectivity index is 0.000000339. The van der Waals surface area contributed by atoms with Crippen LogP contribution in [0.15, 0.2) is 54.7 Å². The largest absolute Gasteiger partial charge is 0.462 e. The first kappa shape index (κ1) is 22.5. The summed E-state index contributed by atoms with van der Waals surface area (Å²) < 4.78 is 6.39. The van der Waals surface area contributed by atoms with Crippen LogP contribution in [0.5, 0.6) is 0 Å². The average molecular weight is 423 g/mol. The van der Waals surface area contributed by atoms with E-state index in [9.17, 15) is 9.59 Å². The highest BCUT2D eigenvalue weighted by Crippen LogP contribution is 2.16. The molecule has 3 aromatic rings. The molecule has 0 radical (unpaired) electrons. The fraction of sp³-hybridized carbons (Fsp3) is 0.375. The number of carbonyl (C=O) groups is 2. The molecule has 0 atom stereocenters. The summed E-state index contributed by atoms with van der Waals surface area (Å²) in [6.07, 6.45) is 3.98. The number of nitrogens with zero attached hydrogens (tertiary/aromatic N) is 2. The zero-order chi connectivity index (χ0) is 22.3. The molecule has 0 bridgehead atoms. The third-order valence-electron chi connectivity index (χ3n) is 4.88. The Morgan fingerprint density at radius 1 is 1.13 bits per heavy atom. The standard InChI is InChI=1S/C19H20N4O.C5H10O2/c24-19(21-16-9-11-20-12-10-16)14-5-7-17(8-6-14)23-13-15-3-1-2-4-18(15)22-23;1-5(2,3)7-4-6/h1-8,13,16,20H,9-12H2,(H,21,24);4H,1-3H3. The van der Waals surface area contributed by atoms with Gasteiger partial charge in [0.25, 0.3) is 12.4 Å². The Bertz CT molecular complexity index is 967. The summed E-state index contributed by atoms with van der Waals surface area (Å²) in [5, 5.41) is 12.1. The molecule has 7 nitrogen and oxygen atoms in total. The number of amides is 1. The molecule has 2 N–H and O–H groups in total. The average Bonchev–Trinajstić information content (AvgIpc) is 3.18. The van der Waals surface area contributed by atoms with Crippen LogP contribution >= 0.6 is 0 Å². The van der Waals surface area contributed by atoms with Crippen molar-refractivity contribution in [2.75, 3.05) is 13.1 Å². The van der Waals surface area contributed by atoms with Gasteiger partial charge >= 0.3 is 0 Å². The van der Waals surface area contributed by atoms with Crippen LogP contribution in [0.2, 0.25) is 0 Å². The van der Waals surface area contributed by atoms with Crippen LogP contribution in [-0.4, -0.2) is 46.9 Å². The summed E-state index contributed by atoms with van der Waals surface area (Å²) in [4.78, 5) is 21.9. The Morgan fingerprint density at radius 2 is 1.81 bits per heavy atom. The normalized spacial score (nSPS) is 14.4. The zero-order valence-electron chi connectivity index (χ0n) is 18.3. The summed E-state index contributed by atoms with van der Waals surface area (Å²) in [5.74, 6) is -0.000855. The van der Waals surface area contributed by atoms with Crippen LogP contribution in [0, 0.1) is 0 Å². The molecule has 7 heteroatoms. The van der Waals surface area contributed by atoms with E-state index < -0.39 is 0 Å². The minimum Gasteiger partial charge on any atom is -0.462 e. The molecule has 4 rings (SSSR count). The van der Waals surface area contributed by atoms with Gasteiger partial charge in [0.2, 0.25) is 0 Å². The number of hydrogen-bond donors (Lipinski definition) is 2. The second kappa shape index (κ2) is 10.2. The first-order chi connectivity index (χ1) is 14.9. The number of nitrogens with one attached hydrogen (secondary N) is 2. The molecule has 1 saturated heterocycles. The second-order valence-electron chi connectivity index (χ2n) is 8.50. The molecule has 1 aliphatic heterocycles. The van der Waals surface area contributed by atoms with Crippen LogP contribution in [-0.2, 0) is 9.53 Å². The third kappa shape index (κ3) is 6.65. The molecule has 0 unspecified atom stereocenters. The number of fused-ring (bicyclic) bond motifs is 1. The van der Waals surface area contributed by atoms with E-state index >= 15 is 0 Å². The van der Waals surface area contributed by atoms with Gasteiger partial charge in [-0.2, -0.15) is 5.10 Å². The van der Waals surface area contributed by atoms with Crippen molar-refractivity contribution in [1.82, 2.24) is 20.4 Å². The zero-order valence-corrected chi connectivity index (χ0v) is 18.3. The lowest BCUT2D eigenvalue weighted by molar-refractivity contribution is -0.138. The maximum atomic E-state index is 12.3. The molecular formula is C24H30N4O3. The van der Waals surface area contributed by atoms with Crippen molar-refractivity contribution in [2.24, 2.45) is 0 Å². The van der Waals surface area contributed by atoms with E-state index in [1.807, 2.05) is 80.2 Å². The summed E-state index contributed by atoms with van der Waals surface area (Å²) in [7, 11) is 0. The number of ether oxygens (including phenoxy) is 1. The molecule has 2 heterocycles. The van der Waals surface area contributed by atoms with Crippen molar-refractivity contribution < 1.29 is 14.3 Å². The third-order valence-corrected chi connectivity index (χ3v) is 4.88. The summed E-state index contributed by atoms with van der Waals surface area (Å²) in [6.45, 7) is 7.86. The maximum absolute atomic E-state index is 12.3. The van der Waals surface area contributed by atoms with Gasteiger partial charge in [0, 0.05) is 23.2 Å². The molecule has 1 aromatic heterocycles. The lowest BCUT2D eigenvalue weighted by atomic mass is 10.1. The maximum Gasteiger partial charge on any atom is 0.293 e. The van der Waals surface area contributed by atoms with Crippen molar-refractivity contribution in [2.45, 2.75) is 45.3 Å². The lowest BCUT2D eigenvalue weighted by Gasteiger charge is -2.23. The minimum atomic E-state index is -0.318. The highest BCUT2D eigenvalue weighted by Gasteiger charge is 2.16. The van der Waals surface area contributed by atoms with Crippen LogP contribution in [0.25, 0.3) is 16.6 Å². The Morgan fingerprint density at radius 3 is 2.39 bits per heavy atom. The van der Waals surface area contributed by atoms with E-state index in [-0.39, 0.29) is 17.6 Å². The number of hydrogen-bond acceptors (Lipinski definition) is 5. The van der Waals surface area contributed by atoms with E-state index in [1.54, 1.807) is 0 Å². The van der Waals surface area contributed by atoms with Gasteiger partial charge in [-0.05, 0) is 77.0 Å². The summed E-state index contributed by atoms with van der Waals surface area (Å²) in [6, 6.07) is 15.9. The molecule has 164 valence electrons. The highest BCUT2D eigenvalue weighted by molar-refractivity contribution is 5.94. The van der Waals surface area contributed by atoms with Gasteiger partial charge in [-0.15, -0.1) is 0 Å². The van der Waals surface area contributed by atoms with Gasteiger partial charge in [-0.25, -0.2) is 4.68 Å². The molecule has 0 spiro atoms. The van der Waals surface area contributed by atoms with Crippen molar-refractivity contribution in [3.05, 3.63) is 60.3 Å². The fourth-order valence-corrected chi connectivity index (χ4v) is 3.24. The van der Waals surface area contributed by atoms with Crippen molar-refractivity contribution in [3.8, 4) is 5.69 Å². The van der Waals surface area contributed by atoms with E-state index in [1.165, 1.54) is 0 Å². The van der Waals surface area contributed by atoms with Crippen molar-refractivity contribution >= 4 is 23.3 Å². The first-order valence-electron chi connectivity index (χ1n) is 10.5. The van der Waals surface area contributed by atoms with Crippen LogP contribution in [0.1, 0.15) is 44.0 Å². The molecule has 1 aliphatic rings. The Kier molecular flexibility index (Phi) is 7.41. The topological polar surface area (TPSA) is 85.3 Å². The van der Waals surface area contributed by atoms with Crippen LogP contribution < -0.4 is 10.6 Å². The quantitative estimate of drug-likeness (QED) is 0.629. The number of rotatable bonds is 4. The summed E-state index contributed by atoms with van der Waals surface area (Å²) >= 11 is 0. The Hall–Kier alpha value is -3.19. The van der Waals surface area contributed by atoms with Crippen LogP contribution in [0.3, 0.4) is 0 Å². The Labute approximate surface area is 182 Å². The molecule has 0 saturated carbocycles. The number of carbonyl (C=O) groups excluding carboxylic acids is 2. The lowest BCUT2D eigenvalue weighted by Crippen LogP contribution is -2.42. The summed E-state index contributed by atoms with van der Waals surface area (Å²) in [5.41, 5.74) is 2.28. The number of aromatic nitrogens is 2. The van der Waals surface area contributed by atoms with E-state index in [2.05, 4.69) is 20.5 Å². The van der Waals surface area contributed by atoms with Gasteiger partial charge in [0.05, 0.1) is 11.2 Å². The molecule has 1 amide bonds. The SMILES string of the molecule is CC(C)(C)OC=O.O=C(NC1CCNCC1)c1ccc(-n2cc3ccccc3n2)cc1. The van der Waals surface area contributed by atoms with Crippen molar-refractivity contribution in [1.29, 1.82) is 0 Å². The first-order valence-corrected chi connectivity index (χ1v) is 10.5. The minimum absolute atomic E-state index is 0.000855. The molecule has 31 heavy (non-hydrogen) atoms. The van der Waals surface area contributed by atoms with E-state index in [0.29, 0.717) is 12.0 Å². The molecule has 1 fully saturated rings. The second-order valence-corrected chi connectivity index (χ2v) is 8.50. The predicted octanol–water partition coefficient (Wildman–Crippen LogP) is 3.47. The highest BCUT2D eigenvalue weighted by atomic mass is 16.5. The monoisotopic (exact) mass is 422 g/mol. The van der Waals surface area contributed by atoms with Gasteiger partial charge < -0.3 is 15.4 Å². The van der Waals surface area contributed by atoms with Gasteiger partial charge in [0.1, 0.15) is 5.60 Å². The van der Waals surface area contributed by atoms with Gasteiger partial charge in [0.15, 0.2) is 0 Å². The fourth-order valence-electron chi connectivity index (χ4n) is 3.24. The number of piperidine rings is 1. The van der Waals surface area contributed by atoms with Gasteiger partial charge in [-0.3, -0.25) is 9.59 Å². The molecular weight excluding hydrogens is 392 g/mol. The van der Waals surface area contributed by atoms with Crippen LogP contribution in [0.4, 0.5) is 0 Å². The van der Waals surface area contributed by atoms with E-state index in [4.69, 9.17) is 0 Å². The van der Waals surface area contributed by atoms with Crippen molar-refractivity contribution in [3.63, 3.8) is 0 Å². The van der Waals surface area contributed by atoms with E-state index in [0.717, 1.165) is 42.5 Å². The smallest absolute Gasteiger partial charge is 0.293 e. The van der Waals surface area contributed by atoms with Gasteiger partial charge in [-0.1, -0.05) is 18.2 Å². The predicted molar refractivity (Wildman–Crippen MR) is 121 cm³/mol.